The van der Waals surface area contributed by atoms with Gasteiger partial charge in [0.2, 0.25) is 0 Å². The second kappa shape index (κ2) is 20.5. The minimum Gasteiger partial charge on any atom is -0.496 e. The lowest BCUT2D eigenvalue weighted by Crippen LogP contribution is -2.58. The SMILES string of the molecule is CCCCC(CC)CN(CC(CC)CCCC)c1nc(-c2c(OC)cccc2OC)c(/C=C2\C(=O)N(N(C(=O)C(C)(C)C)c3ccccc3)C(=O)C(C#N)=C2C)s1. The first kappa shape index (κ1) is 44.8. The maximum Gasteiger partial charge on any atom is 0.291 e. The Morgan fingerprint density at radius 2 is 1.46 bits per heavy atom. The van der Waals surface area contributed by atoms with Gasteiger partial charge in [0.25, 0.3) is 17.7 Å². The Morgan fingerprint density at radius 3 is 1.93 bits per heavy atom. The number of rotatable bonds is 19. The quantitative estimate of drug-likeness (QED) is 0.0870. The van der Waals surface area contributed by atoms with E-state index in [1.54, 1.807) is 78.3 Å². The van der Waals surface area contributed by atoms with Crippen LogP contribution in [0.25, 0.3) is 17.3 Å². The molecule has 4 rings (SSSR count). The molecule has 0 fully saturated rings. The van der Waals surface area contributed by atoms with E-state index in [1.807, 2.05) is 24.3 Å². The van der Waals surface area contributed by atoms with Crippen LogP contribution in [-0.4, -0.2) is 55.0 Å². The van der Waals surface area contributed by atoms with Crippen LogP contribution in [-0.2, 0) is 14.4 Å². The van der Waals surface area contributed by atoms with Crippen LogP contribution < -0.4 is 19.4 Å². The summed E-state index contributed by atoms with van der Waals surface area (Å²) in [5, 5.41) is 13.1. The highest BCUT2D eigenvalue weighted by Gasteiger charge is 2.44. The molecule has 0 N–H and O–H groups in total. The largest absolute Gasteiger partial charge is 0.496 e. The highest BCUT2D eigenvalue weighted by Crippen LogP contribution is 2.45. The average Bonchev–Trinajstić information content (AvgIpc) is 3.63. The normalized spacial score (nSPS) is 15.1. The fourth-order valence-electron chi connectivity index (χ4n) is 7.10. The van der Waals surface area contributed by atoms with E-state index in [9.17, 15) is 19.6 Å². The molecule has 0 bridgehead atoms. The number of aromatic nitrogens is 1. The number of anilines is 2. The number of carbonyl (C=O) groups excluding carboxylic acids is 3. The molecule has 0 saturated heterocycles. The van der Waals surface area contributed by atoms with Crippen LogP contribution in [0.2, 0.25) is 0 Å². The van der Waals surface area contributed by atoms with E-state index in [2.05, 4.69) is 32.6 Å². The van der Waals surface area contributed by atoms with Crippen molar-refractivity contribution in [3.63, 3.8) is 0 Å². The fraction of sp³-hybridized carbons (Fsp3) is 0.500. The highest BCUT2D eigenvalue weighted by atomic mass is 32.1. The molecule has 0 radical (unpaired) electrons. The predicted octanol–water partition coefficient (Wildman–Crippen LogP) is 10.7. The number of benzene rings is 2. The molecule has 2 atom stereocenters. The maximum atomic E-state index is 14.9. The lowest BCUT2D eigenvalue weighted by Gasteiger charge is -2.39. The molecule has 0 spiro atoms. The first-order valence-electron chi connectivity index (χ1n) is 20.4. The summed E-state index contributed by atoms with van der Waals surface area (Å²) >= 11 is 1.46. The van der Waals surface area contributed by atoms with Gasteiger partial charge in [0, 0.05) is 24.1 Å². The summed E-state index contributed by atoms with van der Waals surface area (Å²) in [6.07, 6.45) is 10.6. The van der Waals surface area contributed by atoms with Crippen molar-refractivity contribution in [3.05, 3.63) is 70.1 Å². The number of ether oxygens (including phenoxy) is 2. The zero-order chi connectivity index (χ0) is 41.9. The van der Waals surface area contributed by atoms with E-state index < -0.39 is 23.1 Å². The van der Waals surface area contributed by atoms with Gasteiger partial charge in [-0.25, -0.2) is 9.99 Å². The molecule has 0 saturated carbocycles. The van der Waals surface area contributed by atoms with Crippen molar-refractivity contribution >= 4 is 46.0 Å². The third-order valence-corrected chi connectivity index (χ3v) is 11.7. The highest BCUT2D eigenvalue weighted by molar-refractivity contribution is 7.17. The minimum absolute atomic E-state index is 0.106. The third-order valence-electron chi connectivity index (χ3n) is 10.7. The molecule has 2 heterocycles. The van der Waals surface area contributed by atoms with Crippen LogP contribution in [0.5, 0.6) is 11.5 Å². The summed E-state index contributed by atoms with van der Waals surface area (Å²) in [6.45, 7) is 17.4. The number of thiazole rings is 1. The number of methoxy groups -OCH3 is 2. The molecule has 57 heavy (non-hydrogen) atoms. The Balaban J connectivity index is 2.03. The molecule has 3 amide bonds. The van der Waals surface area contributed by atoms with E-state index in [0.29, 0.717) is 45.2 Å². The van der Waals surface area contributed by atoms with Gasteiger partial charge in [0.15, 0.2) is 5.13 Å². The maximum absolute atomic E-state index is 14.9. The molecular weight excluding hydrogens is 735 g/mol. The van der Waals surface area contributed by atoms with Crippen LogP contribution in [0.3, 0.4) is 0 Å². The average molecular weight is 796 g/mol. The summed E-state index contributed by atoms with van der Waals surface area (Å²) in [5.41, 5.74) is 0.629. The number of hydrazine groups is 1. The smallest absolute Gasteiger partial charge is 0.291 e. The van der Waals surface area contributed by atoms with Crippen molar-refractivity contribution < 1.29 is 23.9 Å². The fourth-order valence-corrected chi connectivity index (χ4v) is 8.13. The number of imide groups is 1. The lowest BCUT2D eigenvalue weighted by atomic mass is 9.93. The lowest BCUT2D eigenvalue weighted by molar-refractivity contribution is -0.147. The van der Waals surface area contributed by atoms with Gasteiger partial charge in [-0.2, -0.15) is 10.3 Å². The van der Waals surface area contributed by atoms with Gasteiger partial charge in [-0.15, -0.1) is 0 Å². The first-order valence-corrected chi connectivity index (χ1v) is 21.2. The molecule has 2 aromatic carbocycles. The van der Waals surface area contributed by atoms with Crippen LogP contribution >= 0.6 is 11.3 Å². The standard InChI is InChI=1S/C46H61N5O5S/c1-11-15-21-32(13-3)29-49(30-33(14-4)22-16-12-2)45-48-41(40-37(55-9)25-20-26-38(40)56-10)39(57-45)27-35-31(5)36(28-47)43(53)51(42(35)52)50(44(54)46(6,7)8)34-23-18-17-19-24-34/h17-20,23-27,32-33H,11-16,21-22,29-30H2,1-10H3/b35-27-. The van der Waals surface area contributed by atoms with Crippen molar-refractivity contribution in [3.8, 4) is 28.8 Å². The number of hydrogen-bond acceptors (Lipinski definition) is 9. The summed E-state index contributed by atoms with van der Waals surface area (Å²) in [5.74, 6) is -0.0426. The number of para-hydroxylation sites is 1. The van der Waals surface area contributed by atoms with Crippen molar-refractivity contribution in [2.75, 3.05) is 37.2 Å². The molecular formula is C46H61N5O5S. The Labute approximate surface area is 344 Å². The van der Waals surface area contributed by atoms with Gasteiger partial charge >= 0.3 is 0 Å². The molecule has 1 aromatic heterocycles. The van der Waals surface area contributed by atoms with Crippen molar-refractivity contribution in [2.24, 2.45) is 17.3 Å². The third kappa shape index (κ3) is 10.3. The molecule has 1 aliphatic rings. The van der Waals surface area contributed by atoms with Crippen molar-refractivity contribution in [1.82, 2.24) is 9.99 Å². The van der Waals surface area contributed by atoms with Gasteiger partial charge < -0.3 is 14.4 Å². The number of unbranched alkanes of at least 4 members (excludes halogenated alkanes) is 2. The minimum atomic E-state index is -0.978. The van der Waals surface area contributed by atoms with Crippen LogP contribution in [0.15, 0.2) is 65.3 Å². The number of hydrogen-bond donors (Lipinski definition) is 0. The topological polar surface area (TPSA) is 116 Å². The van der Waals surface area contributed by atoms with E-state index in [4.69, 9.17) is 14.5 Å². The van der Waals surface area contributed by atoms with Crippen LogP contribution in [0.1, 0.15) is 112 Å². The van der Waals surface area contributed by atoms with Gasteiger partial charge in [-0.1, -0.05) is 123 Å². The zero-order valence-electron chi connectivity index (χ0n) is 35.6. The zero-order valence-corrected chi connectivity index (χ0v) is 36.4. The van der Waals surface area contributed by atoms with Gasteiger partial charge in [0.05, 0.1) is 36.0 Å². The number of carbonyl (C=O) groups is 3. The summed E-state index contributed by atoms with van der Waals surface area (Å²) in [7, 11) is 3.19. The van der Waals surface area contributed by atoms with Crippen molar-refractivity contribution in [2.45, 2.75) is 107 Å². The number of nitrogens with zero attached hydrogens (tertiary/aromatic N) is 5. The Kier molecular flexibility index (Phi) is 16.1. The Morgan fingerprint density at radius 1 is 0.895 bits per heavy atom. The van der Waals surface area contributed by atoms with E-state index in [1.165, 1.54) is 11.3 Å². The molecule has 0 aliphatic carbocycles. The van der Waals surface area contributed by atoms with E-state index in [-0.39, 0.29) is 16.7 Å². The van der Waals surface area contributed by atoms with Gasteiger partial charge in [-0.3, -0.25) is 14.4 Å². The number of amides is 3. The molecule has 3 aromatic rings. The Bertz CT molecular complexity index is 1930. The molecule has 10 nitrogen and oxygen atoms in total. The molecule has 1 aliphatic heterocycles. The second-order valence-electron chi connectivity index (χ2n) is 15.8. The first-order chi connectivity index (χ1) is 27.3. The van der Waals surface area contributed by atoms with Crippen LogP contribution in [0.4, 0.5) is 10.8 Å². The summed E-state index contributed by atoms with van der Waals surface area (Å²) in [6, 6.07) is 16.2. The second-order valence-corrected chi connectivity index (χ2v) is 16.8. The van der Waals surface area contributed by atoms with E-state index >= 15 is 0 Å². The van der Waals surface area contributed by atoms with Gasteiger partial charge in [0.1, 0.15) is 23.1 Å². The predicted molar refractivity (Wildman–Crippen MR) is 231 cm³/mol. The molecule has 306 valence electrons. The number of nitriles is 1. The Hall–Kier alpha value is -4.95. The molecule has 11 heteroatoms. The van der Waals surface area contributed by atoms with Crippen LogP contribution in [0, 0.1) is 28.6 Å². The summed E-state index contributed by atoms with van der Waals surface area (Å²) in [4.78, 5) is 51.6. The van der Waals surface area contributed by atoms with Gasteiger partial charge in [-0.05, 0) is 67.5 Å². The monoisotopic (exact) mass is 795 g/mol. The summed E-state index contributed by atoms with van der Waals surface area (Å²) < 4.78 is 11.8. The molecule has 2 unspecified atom stereocenters. The van der Waals surface area contributed by atoms with E-state index in [0.717, 1.165) is 79.6 Å². The van der Waals surface area contributed by atoms with Crippen molar-refractivity contribution in [1.29, 1.82) is 5.26 Å².